The van der Waals surface area contributed by atoms with E-state index in [0.717, 1.165) is 17.7 Å². The molecule has 1 fully saturated rings. The van der Waals surface area contributed by atoms with Crippen LogP contribution in [0.25, 0.3) is 0 Å². The number of anilines is 1. The SMILES string of the molecule is CCc1ccc(NC(=O)C2CNNC2c2ccccc2)cc1. The van der Waals surface area contributed by atoms with Crippen molar-refractivity contribution in [2.24, 2.45) is 5.92 Å². The third-order valence-corrected chi connectivity index (χ3v) is 4.11. The van der Waals surface area contributed by atoms with E-state index in [2.05, 4.69) is 35.2 Å². The highest BCUT2D eigenvalue weighted by Crippen LogP contribution is 2.26. The largest absolute Gasteiger partial charge is 0.326 e. The summed E-state index contributed by atoms with van der Waals surface area (Å²) in [5, 5.41) is 3.02. The molecule has 4 nitrogen and oxygen atoms in total. The highest BCUT2D eigenvalue weighted by Gasteiger charge is 2.33. The van der Waals surface area contributed by atoms with Crippen molar-refractivity contribution in [1.29, 1.82) is 0 Å². The van der Waals surface area contributed by atoms with Crippen molar-refractivity contribution in [3.05, 3.63) is 65.7 Å². The second-order valence-electron chi connectivity index (χ2n) is 5.56. The topological polar surface area (TPSA) is 53.2 Å². The van der Waals surface area contributed by atoms with Gasteiger partial charge in [-0.1, -0.05) is 49.4 Å². The number of aryl methyl sites for hydroxylation is 1. The molecule has 4 heteroatoms. The van der Waals surface area contributed by atoms with Gasteiger partial charge in [0, 0.05) is 12.2 Å². The van der Waals surface area contributed by atoms with Gasteiger partial charge in [-0.3, -0.25) is 10.2 Å². The summed E-state index contributed by atoms with van der Waals surface area (Å²) in [5.74, 6) is -0.0937. The van der Waals surface area contributed by atoms with Crippen molar-refractivity contribution < 1.29 is 4.79 Å². The van der Waals surface area contributed by atoms with Crippen LogP contribution < -0.4 is 16.2 Å². The maximum atomic E-state index is 12.6. The average molecular weight is 295 g/mol. The predicted octanol–water partition coefficient (Wildman–Crippen LogP) is 2.65. The number of nitrogens with one attached hydrogen (secondary N) is 3. The Morgan fingerprint density at radius 3 is 2.55 bits per heavy atom. The minimum atomic E-state index is -0.131. The van der Waals surface area contributed by atoms with E-state index in [1.165, 1.54) is 5.56 Å². The first-order chi connectivity index (χ1) is 10.8. The van der Waals surface area contributed by atoms with E-state index in [1.807, 2.05) is 42.5 Å². The van der Waals surface area contributed by atoms with Gasteiger partial charge in [0.1, 0.15) is 0 Å². The number of carbonyl (C=O) groups is 1. The summed E-state index contributed by atoms with van der Waals surface area (Å²) in [5.41, 5.74) is 9.53. The molecule has 2 atom stereocenters. The molecule has 1 heterocycles. The molecule has 0 spiro atoms. The van der Waals surface area contributed by atoms with Gasteiger partial charge in [-0.25, -0.2) is 5.43 Å². The number of benzene rings is 2. The smallest absolute Gasteiger partial charge is 0.230 e. The minimum Gasteiger partial charge on any atom is -0.326 e. The van der Waals surface area contributed by atoms with Gasteiger partial charge in [-0.15, -0.1) is 0 Å². The van der Waals surface area contributed by atoms with Crippen LogP contribution in [0.15, 0.2) is 54.6 Å². The van der Waals surface area contributed by atoms with Crippen LogP contribution in [0.3, 0.4) is 0 Å². The van der Waals surface area contributed by atoms with Crippen LogP contribution in [-0.2, 0) is 11.2 Å². The molecule has 0 bridgehead atoms. The maximum Gasteiger partial charge on any atom is 0.230 e. The highest BCUT2D eigenvalue weighted by atomic mass is 16.2. The fourth-order valence-corrected chi connectivity index (χ4v) is 2.78. The van der Waals surface area contributed by atoms with Crippen LogP contribution in [0.4, 0.5) is 5.69 Å². The third kappa shape index (κ3) is 3.18. The molecule has 22 heavy (non-hydrogen) atoms. The Kier molecular flexibility index (Phi) is 4.51. The van der Waals surface area contributed by atoms with Crippen LogP contribution >= 0.6 is 0 Å². The third-order valence-electron chi connectivity index (χ3n) is 4.11. The molecule has 1 amide bonds. The lowest BCUT2D eigenvalue weighted by molar-refractivity contribution is -0.119. The molecule has 1 aliphatic rings. The first kappa shape index (κ1) is 14.8. The number of amides is 1. The molecular formula is C18H21N3O. The first-order valence-electron chi connectivity index (χ1n) is 7.71. The molecule has 2 aromatic rings. The van der Waals surface area contributed by atoms with E-state index in [1.54, 1.807) is 0 Å². The predicted molar refractivity (Wildman–Crippen MR) is 88.3 cm³/mol. The van der Waals surface area contributed by atoms with Gasteiger partial charge in [0.2, 0.25) is 5.91 Å². The Morgan fingerprint density at radius 1 is 1.14 bits per heavy atom. The Morgan fingerprint density at radius 2 is 1.86 bits per heavy atom. The number of hydrogen-bond donors (Lipinski definition) is 3. The standard InChI is InChI=1S/C18H21N3O/c1-2-13-8-10-15(11-9-13)20-18(22)16-12-19-21-17(16)14-6-4-3-5-7-14/h3-11,16-17,19,21H,2,12H2,1H3,(H,20,22). The molecule has 114 valence electrons. The molecule has 0 aromatic heterocycles. The molecule has 0 radical (unpaired) electrons. The Hall–Kier alpha value is -2.17. The van der Waals surface area contributed by atoms with Gasteiger partial charge < -0.3 is 5.32 Å². The summed E-state index contributed by atoms with van der Waals surface area (Å²) in [7, 11) is 0. The summed E-state index contributed by atoms with van der Waals surface area (Å²) < 4.78 is 0. The molecule has 1 saturated heterocycles. The van der Waals surface area contributed by atoms with E-state index < -0.39 is 0 Å². The van der Waals surface area contributed by atoms with Gasteiger partial charge in [-0.2, -0.15) is 0 Å². The van der Waals surface area contributed by atoms with E-state index >= 15 is 0 Å². The summed E-state index contributed by atoms with van der Waals surface area (Å²) in [6, 6.07) is 18.1. The molecule has 3 rings (SSSR count). The Labute approximate surface area is 130 Å². The zero-order valence-electron chi connectivity index (χ0n) is 12.7. The zero-order valence-corrected chi connectivity index (χ0v) is 12.7. The lowest BCUT2D eigenvalue weighted by Gasteiger charge is -2.18. The van der Waals surface area contributed by atoms with Gasteiger partial charge in [0.05, 0.1) is 12.0 Å². The minimum absolute atomic E-state index is 0.00360. The van der Waals surface area contributed by atoms with Crippen molar-refractivity contribution in [2.45, 2.75) is 19.4 Å². The second-order valence-corrected chi connectivity index (χ2v) is 5.56. The van der Waals surface area contributed by atoms with Crippen LogP contribution in [0.5, 0.6) is 0 Å². The summed E-state index contributed by atoms with van der Waals surface area (Å²) in [6.45, 7) is 2.74. The van der Waals surface area contributed by atoms with Gasteiger partial charge in [0.25, 0.3) is 0 Å². The number of rotatable bonds is 4. The normalized spacial score (nSPS) is 20.8. The molecule has 1 aliphatic heterocycles. The van der Waals surface area contributed by atoms with Gasteiger partial charge >= 0.3 is 0 Å². The van der Waals surface area contributed by atoms with Gasteiger partial charge in [0.15, 0.2) is 0 Å². The van der Waals surface area contributed by atoms with Crippen molar-refractivity contribution >= 4 is 11.6 Å². The Bertz CT molecular complexity index is 625. The van der Waals surface area contributed by atoms with Crippen LogP contribution in [0.2, 0.25) is 0 Å². The van der Waals surface area contributed by atoms with Crippen LogP contribution in [0.1, 0.15) is 24.1 Å². The second kappa shape index (κ2) is 6.73. The lowest BCUT2D eigenvalue weighted by Crippen LogP contribution is -2.29. The number of hydrazine groups is 1. The van der Waals surface area contributed by atoms with Gasteiger partial charge in [-0.05, 0) is 29.7 Å². The monoisotopic (exact) mass is 295 g/mol. The van der Waals surface area contributed by atoms with E-state index in [0.29, 0.717) is 6.54 Å². The van der Waals surface area contributed by atoms with E-state index in [-0.39, 0.29) is 17.9 Å². The molecule has 0 aliphatic carbocycles. The molecule has 2 aromatic carbocycles. The lowest BCUT2D eigenvalue weighted by atomic mass is 9.94. The number of carbonyl (C=O) groups excluding carboxylic acids is 1. The van der Waals surface area contributed by atoms with Crippen LogP contribution in [-0.4, -0.2) is 12.5 Å². The summed E-state index contributed by atoms with van der Waals surface area (Å²) in [6.07, 6.45) is 1.00. The summed E-state index contributed by atoms with van der Waals surface area (Å²) in [4.78, 5) is 12.6. The fourth-order valence-electron chi connectivity index (χ4n) is 2.78. The quantitative estimate of drug-likeness (QED) is 0.813. The zero-order chi connectivity index (χ0) is 15.4. The number of hydrogen-bond acceptors (Lipinski definition) is 3. The molecular weight excluding hydrogens is 274 g/mol. The maximum absolute atomic E-state index is 12.6. The highest BCUT2D eigenvalue weighted by molar-refractivity contribution is 5.93. The Balaban J connectivity index is 1.70. The summed E-state index contributed by atoms with van der Waals surface area (Å²) >= 11 is 0. The van der Waals surface area contributed by atoms with Crippen molar-refractivity contribution in [3.63, 3.8) is 0 Å². The molecule has 0 saturated carbocycles. The van der Waals surface area contributed by atoms with Crippen LogP contribution in [0, 0.1) is 5.92 Å². The van der Waals surface area contributed by atoms with Crippen molar-refractivity contribution in [2.75, 3.05) is 11.9 Å². The van der Waals surface area contributed by atoms with E-state index in [9.17, 15) is 4.79 Å². The van der Waals surface area contributed by atoms with Crippen molar-refractivity contribution in [3.8, 4) is 0 Å². The van der Waals surface area contributed by atoms with E-state index in [4.69, 9.17) is 0 Å². The molecule has 3 N–H and O–H groups in total. The van der Waals surface area contributed by atoms with Crippen molar-refractivity contribution in [1.82, 2.24) is 10.9 Å². The fraction of sp³-hybridized carbons (Fsp3) is 0.278. The first-order valence-corrected chi connectivity index (χ1v) is 7.71. The average Bonchev–Trinajstić information content (AvgIpc) is 3.06. The molecule has 2 unspecified atom stereocenters.